The molecule has 1 N–H and O–H groups in total. The summed E-state index contributed by atoms with van der Waals surface area (Å²) in [5.74, 6) is -0.148. The molecule has 34 heavy (non-hydrogen) atoms. The monoisotopic (exact) mass is 484 g/mol. The number of carbonyl (C=O) groups excluding carboxylic acids is 2. The van der Waals surface area contributed by atoms with Gasteiger partial charge in [0, 0.05) is 24.7 Å². The van der Waals surface area contributed by atoms with Crippen molar-refractivity contribution in [1.29, 1.82) is 0 Å². The molecule has 1 aliphatic heterocycles. The van der Waals surface area contributed by atoms with Crippen LogP contribution in [0.3, 0.4) is 0 Å². The Bertz CT molecular complexity index is 1030. The van der Waals surface area contributed by atoms with Crippen LogP contribution in [0.4, 0.5) is 18.0 Å². The van der Waals surface area contributed by atoms with Gasteiger partial charge < -0.3 is 14.6 Å². The summed E-state index contributed by atoms with van der Waals surface area (Å²) in [5, 5.41) is 14.5. The average Bonchev–Trinajstić information content (AvgIpc) is 3.33. The van der Waals surface area contributed by atoms with Crippen LogP contribution in [0.25, 0.3) is 5.69 Å². The summed E-state index contributed by atoms with van der Waals surface area (Å²) in [4.78, 5) is 30.1. The predicted octanol–water partition coefficient (Wildman–Crippen LogP) is 3.17. The molecule has 1 saturated heterocycles. The Labute approximate surface area is 194 Å². The van der Waals surface area contributed by atoms with E-state index in [1.807, 2.05) is 0 Å². The number of carbonyl (C=O) groups is 2. The summed E-state index contributed by atoms with van der Waals surface area (Å²) >= 11 is 0. The standard InChI is InChI=1S/C22H27F3N4O5/c1-21(2,3)34-20(32)28-10-9-16(31)18(28)15(30)7-5-13-12-29(27-19(13)33-4)14-6-8-17(26-11-14)22(23,24)25/h6,8,11-12,16,18,31H,5,7,9-10H2,1-4H3/t16-,18-/m1/s1. The molecule has 0 bridgehead atoms. The van der Waals surface area contributed by atoms with Gasteiger partial charge in [0.25, 0.3) is 0 Å². The Morgan fingerprint density at radius 3 is 2.50 bits per heavy atom. The molecule has 9 nitrogen and oxygen atoms in total. The fraction of sp³-hybridized carbons (Fsp3) is 0.545. The topological polar surface area (TPSA) is 107 Å². The molecule has 2 aromatic rings. The number of methoxy groups -OCH3 is 1. The SMILES string of the molecule is COc1nn(-c2ccc(C(F)(F)F)nc2)cc1CCC(=O)[C@@H]1[C@H](O)CCN1C(=O)OC(C)(C)C. The minimum Gasteiger partial charge on any atom is -0.480 e. The van der Waals surface area contributed by atoms with Crippen molar-refractivity contribution in [3.05, 3.63) is 35.8 Å². The third-order valence-corrected chi connectivity index (χ3v) is 5.21. The average molecular weight is 484 g/mol. The molecule has 2 atom stereocenters. The number of rotatable bonds is 6. The van der Waals surface area contributed by atoms with Gasteiger partial charge in [0.2, 0.25) is 5.88 Å². The number of aliphatic hydroxyl groups is 1. The van der Waals surface area contributed by atoms with Crippen molar-refractivity contribution in [3.63, 3.8) is 0 Å². The summed E-state index contributed by atoms with van der Waals surface area (Å²) < 4.78 is 50.1. The highest BCUT2D eigenvalue weighted by Gasteiger charge is 2.42. The lowest BCUT2D eigenvalue weighted by molar-refractivity contribution is -0.141. The first kappa shape index (κ1) is 25.5. The maximum atomic E-state index is 12.9. The first-order chi connectivity index (χ1) is 15.8. The second-order valence-corrected chi connectivity index (χ2v) is 8.95. The quantitative estimate of drug-likeness (QED) is 0.671. The third kappa shape index (κ3) is 5.85. The van der Waals surface area contributed by atoms with Crippen molar-refractivity contribution < 1.29 is 37.3 Å². The van der Waals surface area contributed by atoms with Crippen LogP contribution in [-0.2, 0) is 22.1 Å². The van der Waals surface area contributed by atoms with Gasteiger partial charge in [0.1, 0.15) is 17.3 Å². The summed E-state index contributed by atoms with van der Waals surface area (Å²) in [6.45, 7) is 5.34. The van der Waals surface area contributed by atoms with E-state index < -0.39 is 35.7 Å². The number of pyridine rings is 1. The molecule has 3 rings (SSSR count). The van der Waals surface area contributed by atoms with E-state index >= 15 is 0 Å². The number of aromatic nitrogens is 3. The molecule has 1 amide bonds. The molecule has 3 heterocycles. The van der Waals surface area contributed by atoms with Crippen LogP contribution in [0.5, 0.6) is 5.88 Å². The fourth-order valence-corrected chi connectivity index (χ4v) is 3.65. The van der Waals surface area contributed by atoms with Crippen molar-refractivity contribution in [2.75, 3.05) is 13.7 Å². The summed E-state index contributed by atoms with van der Waals surface area (Å²) in [6, 6.07) is 1.06. The zero-order chi connectivity index (χ0) is 25.3. The van der Waals surface area contributed by atoms with Gasteiger partial charge in [-0.2, -0.15) is 13.2 Å². The highest BCUT2D eigenvalue weighted by atomic mass is 19.4. The highest BCUT2D eigenvalue weighted by Crippen LogP contribution is 2.29. The van der Waals surface area contributed by atoms with Crippen LogP contribution < -0.4 is 4.74 Å². The number of ketones is 1. The number of likely N-dealkylation sites (tertiary alicyclic amines) is 1. The van der Waals surface area contributed by atoms with E-state index in [0.717, 1.165) is 12.3 Å². The number of alkyl halides is 3. The Balaban J connectivity index is 1.71. The van der Waals surface area contributed by atoms with E-state index in [9.17, 15) is 27.9 Å². The number of ether oxygens (including phenoxy) is 2. The molecular formula is C22H27F3N4O5. The molecule has 0 saturated carbocycles. The van der Waals surface area contributed by atoms with E-state index in [2.05, 4.69) is 10.1 Å². The number of nitrogens with zero attached hydrogens (tertiary/aromatic N) is 4. The van der Waals surface area contributed by atoms with Crippen LogP contribution >= 0.6 is 0 Å². The molecule has 2 aromatic heterocycles. The number of Topliss-reactive ketones (excluding diaryl/α,β-unsaturated/α-hetero) is 1. The van der Waals surface area contributed by atoms with Gasteiger partial charge in [-0.1, -0.05) is 0 Å². The van der Waals surface area contributed by atoms with Crippen molar-refractivity contribution in [1.82, 2.24) is 19.7 Å². The van der Waals surface area contributed by atoms with E-state index in [4.69, 9.17) is 9.47 Å². The maximum Gasteiger partial charge on any atom is 0.433 e. The predicted molar refractivity (Wildman–Crippen MR) is 114 cm³/mol. The van der Waals surface area contributed by atoms with Crippen LogP contribution in [0.1, 0.15) is 44.9 Å². The van der Waals surface area contributed by atoms with Crippen LogP contribution in [0.2, 0.25) is 0 Å². The molecule has 1 fully saturated rings. The summed E-state index contributed by atoms with van der Waals surface area (Å²) in [6.07, 6.45) is -3.21. The molecule has 12 heteroatoms. The van der Waals surface area contributed by atoms with E-state index in [-0.39, 0.29) is 43.2 Å². The van der Waals surface area contributed by atoms with Gasteiger partial charge in [-0.05, 0) is 45.7 Å². The Kier molecular flexibility index (Phi) is 7.20. The summed E-state index contributed by atoms with van der Waals surface area (Å²) in [7, 11) is 1.38. The zero-order valence-electron chi connectivity index (χ0n) is 19.3. The first-order valence-corrected chi connectivity index (χ1v) is 10.7. The van der Waals surface area contributed by atoms with Crippen LogP contribution in [-0.4, -0.2) is 68.0 Å². The van der Waals surface area contributed by atoms with Gasteiger partial charge in [-0.25, -0.2) is 14.5 Å². The molecule has 0 aromatic carbocycles. The fourth-order valence-electron chi connectivity index (χ4n) is 3.65. The van der Waals surface area contributed by atoms with Gasteiger partial charge in [-0.15, -0.1) is 5.10 Å². The lowest BCUT2D eigenvalue weighted by atomic mass is 10.0. The maximum absolute atomic E-state index is 12.9. The zero-order valence-corrected chi connectivity index (χ0v) is 19.3. The minimum atomic E-state index is -4.55. The van der Waals surface area contributed by atoms with Gasteiger partial charge in [-0.3, -0.25) is 9.69 Å². The minimum absolute atomic E-state index is 0.0195. The highest BCUT2D eigenvalue weighted by molar-refractivity contribution is 5.89. The number of hydrogen-bond donors (Lipinski definition) is 1. The van der Waals surface area contributed by atoms with Crippen LogP contribution in [0.15, 0.2) is 24.5 Å². The lowest BCUT2D eigenvalue weighted by Crippen LogP contribution is -2.47. The normalized spacial score (nSPS) is 18.8. The first-order valence-electron chi connectivity index (χ1n) is 10.7. The third-order valence-electron chi connectivity index (χ3n) is 5.21. The number of hydrogen-bond acceptors (Lipinski definition) is 7. The van der Waals surface area contributed by atoms with Crippen LogP contribution in [0, 0.1) is 0 Å². The molecular weight excluding hydrogens is 457 g/mol. The lowest BCUT2D eigenvalue weighted by Gasteiger charge is -2.28. The van der Waals surface area contributed by atoms with Gasteiger partial charge >= 0.3 is 12.3 Å². The van der Waals surface area contributed by atoms with Crippen molar-refractivity contribution in [2.24, 2.45) is 0 Å². The smallest absolute Gasteiger partial charge is 0.433 e. The Morgan fingerprint density at radius 1 is 1.24 bits per heavy atom. The van der Waals surface area contributed by atoms with Crippen molar-refractivity contribution in [2.45, 2.75) is 64.0 Å². The van der Waals surface area contributed by atoms with E-state index in [1.165, 1.54) is 29.0 Å². The summed E-state index contributed by atoms with van der Waals surface area (Å²) in [5.41, 5.74) is -0.947. The molecule has 0 unspecified atom stereocenters. The number of amides is 1. The Morgan fingerprint density at radius 2 is 1.94 bits per heavy atom. The second kappa shape index (κ2) is 9.61. The van der Waals surface area contributed by atoms with Gasteiger partial charge in [0.15, 0.2) is 5.78 Å². The molecule has 0 spiro atoms. The van der Waals surface area contributed by atoms with E-state index in [1.54, 1.807) is 20.8 Å². The van der Waals surface area contributed by atoms with Crippen molar-refractivity contribution in [3.8, 4) is 11.6 Å². The number of aliphatic hydroxyl groups excluding tert-OH is 1. The van der Waals surface area contributed by atoms with E-state index in [0.29, 0.717) is 5.56 Å². The second-order valence-electron chi connectivity index (χ2n) is 8.95. The Hall–Kier alpha value is -3.15. The molecule has 1 aliphatic rings. The molecule has 0 radical (unpaired) electrons. The number of halogens is 3. The number of aryl methyl sites for hydroxylation is 1. The molecule has 186 valence electrons. The largest absolute Gasteiger partial charge is 0.480 e. The van der Waals surface area contributed by atoms with Gasteiger partial charge in [0.05, 0.1) is 25.1 Å². The van der Waals surface area contributed by atoms with Crippen molar-refractivity contribution >= 4 is 11.9 Å². The molecule has 0 aliphatic carbocycles.